The van der Waals surface area contributed by atoms with Gasteiger partial charge in [-0.1, -0.05) is 0 Å². The van der Waals surface area contributed by atoms with Gasteiger partial charge in [-0.15, -0.1) is 0 Å². The number of fused-ring (bicyclic) bond motifs is 1. The van der Waals surface area contributed by atoms with Crippen LogP contribution in [0.3, 0.4) is 0 Å². The average Bonchev–Trinajstić information content (AvgIpc) is 2.51. The second-order valence-electron chi connectivity index (χ2n) is 5.04. The number of aliphatic carboxylic acids is 1. The number of carbonyl (C=O) groups excluding carboxylic acids is 1. The Kier molecular flexibility index (Phi) is 5.10. The van der Waals surface area contributed by atoms with Gasteiger partial charge in [-0.25, -0.2) is 14.4 Å². The molecular formula is C15H11F3O8. The number of phenols is 1. The zero-order valence-electron chi connectivity index (χ0n) is 13.0. The molecule has 0 saturated heterocycles. The molecule has 0 saturated carbocycles. The quantitative estimate of drug-likeness (QED) is 0.596. The number of phenolic OH excluding ortho intramolecular Hbond substituents is 1. The number of halogens is 3. The summed E-state index contributed by atoms with van der Waals surface area (Å²) in [5.74, 6) is -4.90. The maximum absolute atomic E-state index is 12.3. The van der Waals surface area contributed by atoms with Crippen molar-refractivity contribution in [3.8, 4) is 11.5 Å². The molecule has 2 rings (SSSR count). The van der Waals surface area contributed by atoms with Gasteiger partial charge in [-0.2, -0.15) is 13.2 Å². The largest absolute Gasteiger partial charge is 0.507 e. The van der Waals surface area contributed by atoms with Crippen LogP contribution in [0.15, 0.2) is 27.4 Å². The highest BCUT2D eigenvalue weighted by Crippen LogP contribution is 2.33. The number of methoxy groups -OCH3 is 1. The Labute approximate surface area is 142 Å². The van der Waals surface area contributed by atoms with Crippen LogP contribution in [0.2, 0.25) is 0 Å². The highest BCUT2D eigenvalue weighted by Gasteiger charge is 2.43. The van der Waals surface area contributed by atoms with E-state index in [0.717, 1.165) is 12.1 Å². The minimum atomic E-state index is -5.39. The predicted octanol–water partition coefficient (Wildman–Crippen LogP) is 1.61. The van der Waals surface area contributed by atoms with E-state index in [1.165, 1.54) is 13.2 Å². The molecule has 0 radical (unpaired) electrons. The highest BCUT2D eigenvalue weighted by molar-refractivity contribution is 5.89. The number of esters is 1. The standard InChI is InChI=1S/C15H11F3O8/c1-24-7-4-8(19)12-6(3-11(20)25-9(12)5-7)2-10(13(21)22)26-14(23)15(16,17)18/h3-5,10,19H,2H2,1H3,(H,21,22)/t10-/m0/s1. The van der Waals surface area contributed by atoms with Gasteiger partial charge in [-0.05, 0) is 5.56 Å². The molecule has 1 atom stereocenters. The zero-order valence-corrected chi connectivity index (χ0v) is 13.0. The van der Waals surface area contributed by atoms with Gasteiger partial charge < -0.3 is 24.1 Å². The summed E-state index contributed by atoms with van der Waals surface area (Å²) in [5, 5.41) is 18.9. The number of alkyl halides is 3. The van der Waals surface area contributed by atoms with Crippen molar-refractivity contribution in [1.82, 2.24) is 0 Å². The van der Waals surface area contributed by atoms with Crippen LogP contribution >= 0.6 is 0 Å². The van der Waals surface area contributed by atoms with Crippen molar-refractivity contribution in [3.63, 3.8) is 0 Å². The van der Waals surface area contributed by atoms with Crippen molar-refractivity contribution in [2.45, 2.75) is 18.7 Å². The molecule has 0 spiro atoms. The predicted molar refractivity (Wildman–Crippen MR) is 78.0 cm³/mol. The monoisotopic (exact) mass is 376 g/mol. The van der Waals surface area contributed by atoms with Gasteiger partial charge >= 0.3 is 23.7 Å². The molecule has 0 bridgehead atoms. The molecule has 140 valence electrons. The molecule has 1 aromatic heterocycles. The second kappa shape index (κ2) is 6.94. The molecule has 0 amide bonds. The topological polar surface area (TPSA) is 123 Å². The summed E-state index contributed by atoms with van der Waals surface area (Å²) in [6.45, 7) is 0. The first kappa shape index (κ1) is 19.1. The highest BCUT2D eigenvalue weighted by atomic mass is 19.4. The van der Waals surface area contributed by atoms with Crippen molar-refractivity contribution in [3.05, 3.63) is 34.2 Å². The number of hydrogen-bond acceptors (Lipinski definition) is 7. The van der Waals surface area contributed by atoms with E-state index in [-0.39, 0.29) is 22.3 Å². The molecule has 2 aromatic rings. The molecule has 2 N–H and O–H groups in total. The lowest BCUT2D eigenvalue weighted by molar-refractivity contribution is -0.207. The Balaban J connectivity index is 2.49. The SMILES string of the molecule is COc1cc(O)c2c(C[C@H](OC(=O)C(F)(F)F)C(=O)O)cc(=O)oc2c1. The van der Waals surface area contributed by atoms with Crippen LogP contribution < -0.4 is 10.4 Å². The van der Waals surface area contributed by atoms with Gasteiger partial charge in [0.05, 0.1) is 12.5 Å². The fraction of sp³-hybridized carbons (Fsp3) is 0.267. The fourth-order valence-electron chi connectivity index (χ4n) is 2.19. The molecule has 8 nitrogen and oxygen atoms in total. The van der Waals surface area contributed by atoms with Gasteiger partial charge in [0.2, 0.25) is 6.10 Å². The molecule has 0 aliphatic heterocycles. The Morgan fingerprint density at radius 1 is 1.27 bits per heavy atom. The van der Waals surface area contributed by atoms with Crippen LogP contribution in [-0.2, 0) is 20.7 Å². The number of aromatic hydroxyl groups is 1. The third kappa shape index (κ3) is 4.05. The molecule has 0 fully saturated rings. The van der Waals surface area contributed by atoms with Crippen molar-refractivity contribution in [2.24, 2.45) is 0 Å². The van der Waals surface area contributed by atoms with E-state index in [9.17, 15) is 32.7 Å². The Bertz CT molecular complexity index is 915. The second-order valence-corrected chi connectivity index (χ2v) is 5.04. The van der Waals surface area contributed by atoms with E-state index in [1.54, 1.807) is 0 Å². The molecule has 0 aliphatic carbocycles. The lowest BCUT2D eigenvalue weighted by Crippen LogP contribution is -2.35. The normalized spacial score (nSPS) is 12.6. The van der Waals surface area contributed by atoms with E-state index < -0.39 is 42.0 Å². The summed E-state index contributed by atoms with van der Waals surface area (Å²) in [4.78, 5) is 33.7. The van der Waals surface area contributed by atoms with E-state index in [0.29, 0.717) is 0 Å². The van der Waals surface area contributed by atoms with Crippen LogP contribution in [0.5, 0.6) is 11.5 Å². The number of benzene rings is 1. The Morgan fingerprint density at radius 3 is 2.46 bits per heavy atom. The minimum Gasteiger partial charge on any atom is -0.507 e. The fourth-order valence-corrected chi connectivity index (χ4v) is 2.19. The molecule has 0 aliphatic rings. The number of carbonyl (C=O) groups is 2. The maximum atomic E-state index is 12.3. The maximum Gasteiger partial charge on any atom is 0.490 e. The third-order valence-corrected chi connectivity index (χ3v) is 3.28. The van der Waals surface area contributed by atoms with E-state index in [2.05, 4.69) is 4.74 Å². The third-order valence-electron chi connectivity index (χ3n) is 3.28. The van der Waals surface area contributed by atoms with Crippen LogP contribution in [-0.4, -0.2) is 41.5 Å². The number of ether oxygens (including phenoxy) is 2. The molecule has 26 heavy (non-hydrogen) atoms. The van der Waals surface area contributed by atoms with E-state index in [4.69, 9.17) is 14.3 Å². The molecule has 11 heteroatoms. The zero-order chi connectivity index (χ0) is 19.6. The van der Waals surface area contributed by atoms with Gasteiger partial charge in [0, 0.05) is 24.6 Å². The lowest BCUT2D eigenvalue weighted by Gasteiger charge is -2.16. The summed E-state index contributed by atoms with van der Waals surface area (Å²) in [7, 11) is 1.28. The number of rotatable bonds is 5. The van der Waals surface area contributed by atoms with Crippen molar-refractivity contribution >= 4 is 22.9 Å². The first-order valence-electron chi connectivity index (χ1n) is 6.87. The average molecular weight is 376 g/mol. The Morgan fingerprint density at radius 2 is 1.92 bits per heavy atom. The van der Waals surface area contributed by atoms with Gasteiger partial charge in [0.25, 0.3) is 0 Å². The lowest BCUT2D eigenvalue weighted by atomic mass is 10.0. The minimum absolute atomic E-state index is 0.119. The van der Waals surface area contributed by atoms with Crippen LogP contribution in [0.25, 0.3) is 11.0 Å². The number of carboxylic acid groups (broad SMARTS) is 1. The van der Waals surface area contributed by atoms with Crippen molar-refractivity contribution in [2.75, 3.05) is 7.11 Å². The van der Waals surface area contributed by atoms with Crippen LogP contribution in [0.4, 0.5) is 13.2 Å². The van der Waals surface area contributed by atoms with Crippen molar-refractivity contribution in [1.29, 1.82) is 0 Å². The molecule has 0 unspecified atom stereocenters. The smallest absolute Gasteiger partial charge is 0.490 e. The van der Waals surface area contributed by atoms with Crippen LogP contribution in [0.1, 0.15) is 5.56 Å². The van der Waals surface area contributed by atoms with Crippen molar-refractivity contribution < 1.29 is 46.9 Å². The number of hydrogen-bond donors (Lipinski definition) is 2. The first-order valence-corrected chi connectivity index (χ1v) is 6.87. The summed E-state index contributed by atoms with van der Waals surface area (Å²) >= 11 is 0. The van der Waals surface area contributed by atoms with E-state index >= 15 is 0 Å². The van der Waals surface area contributed by atoms with Crippen LogP contribution in [0, 0.1) is 0 Å². The molecular weight excluding hydrogens is 365 g/mol. The summed E-state index contributed by atoms with van der Waals surface area (Å²) in [6.07, 6.45) is -8.43. The molecule has 1 heterocycles. The van der Waals surface area contributed by atoms with Gasteiger partial charge in [0.15, 0.2) is 0 Å². The van der Waals surface area contributed by atoms with Gasteiger partial charge in [-0.3, -0.25) is 0 Å². The summed E-state index contributed by atoms with van der Waals surface area (Å²) in [6, 6.07) is 3.13. The van der Waals surface area contributed by atoms with Gasteiger partial charge in [0.1, 0.15) is 17.1 Å². The summed E-state index contributed by atoms with van der Waals surface area (Å²) in [5.41, 5.74) is -1.32. The Hall–Kier alpha value is -3.24. The summed E-state index contributed by atoms with van der Waals surface area (Å²) < 4.78 is 50.6. The molecule has 1 aromatic carbocycles. The first-order chi connectivity index (χ1) is 12.0. The van der Waals surface area contributed by atoms with E-state index in [1.807, 2.05) is 0 Å². The number of carboxylic acids is 1.